The van der Waals surface area contributed by atoms with Gasteiger partial charge in [0.2, 0.25) is 5.91 Å². The lowest BCUT2D eigenvalue weighted by atomic mass is 9.63. The second kappa shape index (κ2) is 4.79. The maximum atomic E-state index is 12.7. The zero-order valence-electron chi connectivity index (χ0n) is 13.1. The van der Waals surface area contributed by atoms with Crippen molar-refractivity contribution in [3.05, 3.63) is 48.0 Å². The van der Waals surface area contributed by atoms with Crippen LogP contribution in [0, 0.1) is 35.5 Å². The number of carbonyl (C=O) groups is 3. The van der Waals surface area contributed by atoms with Crippen LogP contribution in [-0.2, 0) is 20.8 Å². The van der Waals surface area contributed by atoms with Crippen LogP contribution in [0.1, 0.15) is 12.0 Å². The molecule has 3 fully saturated rings. The second-order valence-electron chi connectivity index (χ2n) is 7.36. The Balaban J connectivity index is 1.34. The minimum atomic E-state index is -0.327. The number of hydrogen-bond donors (Lipinski definition) is 1. The fraction of sp³-hybridized carbons (Fsp3) is 0.421. The summed E-state index contributed by atoms with van der Waals surface area (Å²) in [5, 5.41) is 0.998. The lowest BCUT2D eigenvalue weighted by molar-refractivity contribution is -0.149. The van der Waals surface area contributed by atoms with Crippen molar-refractivity contribution in [1.82, 2.24) is 10.4 Å². The first-order chi connectivity index (χ1) is 11.6. The highest BCUT2D eigenvalue weighted by molar-refractivity contribution is 6.07. The Morgan fingerprint density at radius 3 is 2.17 bits per heavy atom. The van der Waals surface area contributed by atoms with Crippen LogP contribution in [0.2, 0.25) is 0 Å². The van der Waals surface area contributed by atoms with E-state index in [0.717, 1.165) is 17.0 Å². The van der Waals surface area contributed by atoms with Crippen LogP contribution < -0.4 is 5.43 Å². The highest BCUT2D eigenvalue weighted by Gasteiger charge is 2.67. The van der Waals surface area contributed by atoms with Gasteiger partial charge in [0.05, 0.1) is 18.3 Å². The van der Waals surface area contributed by atoms with Crippen LogP contribution >= 0.6 is 0 Å². The molecule has 5 nitrogen and oxygen atoms in total. The van der Waals surface area contributed by atoms with E-state index in [1.807, 2.05) is 30.3 Å². The molecule has 1 N–H and O–H groups in total. The van der Waals surface area contributed by atoms with Crippen LogP contribution in [0.15, 0.2) is 42.5 Å². The number of imide groups is 1. The van der Waals surface area contributed by atoms with Crippen LogP contribution in [0.5, 0.6) is 0 Å². The molecule has 1 aromatic carbocycles. The van der Waals surface area contributed by atoms with E-state index in [0.29, 0.717) is 11.8 Å². The second-order valence-corrected chi connectivity index (χ2v) is 7.36. The molecule has 24 heavy (non-hydrogen) atoms. The number of carbonyl (C=O) groups excluding carboxylic acids is 3. The summed E-state index contributed by atoms with van der Waals surface area (Å²) < 4.78 is 0. The van der Waals surface area contributed by atoms with E-state index in [1.54, 1.807) is 0 Å². The third-order valence-electron chi connectivity index (χ3n) is 6.11. The van der Waals surface area contributed by atoms with E-state index in [1.165, 1.54) is 0 Å². The molecule has 5 aliphatic rings. The molecule has 1 saturated heterocycles. The normalized spacial score (nSPS) is 38.1. The molecule has 2 saturated carbocycles. The molecule has 1 aromatic rings. The van der Waals surface area contributed by atoms with Crippen molar-refractivity contribution in [1.29, 1.82) is 0 Å². The Kier molecular flexibility index (Phi) is 2.78. The van der Waals surface area contributed by atoms with Crippen molar-refractivity contribution in [3.8, 4) is 0 Å². The van der Waals surface area contributed by atoms with Crippen molar-refractivity contribution in [3.63, 3.8) is 0 Å². The summed E-state index contributed by atoms with van der Waals surface area (Å²) >= 11 is 0. The first-order valence-corrected chi connectivity index (χ1v) is 8.54. The minimum absolute atomic E-state index is 0.156. The van der Waals surface area contributed by atoms with E-state index in [4.69, 9.17) is 0 Å². The summed E-state index contributed by atoms with van der Waals surface area (Å²) in [6, 6.07) is 9.31. The lowest BCUT2D eigenvalue weighted by Crippen LogP contribution is -2.47. The maximum absolute atomic E-state index is 12.7. The quantitative estimate of drug-likeness (QED) is 0.674. The molecular weight excluding hydrogens is 304 g/mol. The largest absolute Gasteiger partial charge is 0.273 e. The van der Waals surface area contributed by atoms with Crippen molar-refractivity contribution < 1.29 is 14.4 Å². The van der Waals surface area contributed by atoms with Gasteiger partial charge in [-0.25, -0.2) is 0 Å². The number of amides is 3. The van der Waals surface area contributed by atoms with Gasteiger partial charge in [0.15, 0.2) is 0 Å². The average Bonchev–Trinajstić information content (AvgIpc) is 3.37. The zero-order valence-corrected chi connectivity index (χ0v) is 13.1. The summed E-state index contributed by atoms with van der Waals surface area (Å²) in [6.45, 7) is 0. The van der Waals surface area contributed by atoms with E-state index < -0.39 is 0 Å². The Bertz CT molecular complexity index is 736. The van der Waals surface area contributed by atoms with Gasteiger partial charge in [-0.05, 0) is 35.7 Å². The number of benzene rings is 1. The molecular formula is C19H18N2O3. The molecule has 0 radical (unpaired) electrons. The van der Waals surface area contributed by atoms with E-state index in [2.05, 4.69) is 17.6 Å². The minimum Gasteiger partial charge on any atom is -0.273 e. The number of hydrogen-bond acceptors (Lipinski definition) is 3. The molecule has 4 unspecified atom stereocenters. The SMILES string of the molecule is O=C(Cc1ccccc1)NN1C(=O)[C@@H]2C3C=CC(C4CC43)[C@@H]2C1=O. The van der Waals surface area contributed by atoms with Crippen LogP contribution in [-0.4, -0.2) is 22.7 Å². The van der Waals surface area contributed by atoms with Crippen molar-refractivity contribution in [2.24, 2.45) is 35.5 Å². The van der Waals surface area contributed by atoms with E-state index >= 15 is 0 Å². The van der Waals surface area contributed by atoms with Gasteiger partial charge in [-0.15, -0.1) is 0 Å². The lowest BCUT2D eigenvalue weighted by Gasteiger charge is -2.37. The van der Waals surface area contributed by atoms with E-state index in [-0.39, 0.29) is 47.8 Å². The van der Waals surface area contributed by atoms with E-state index in [9.17, 15) is 14.4 Å². The number of allylic oxidation sites excluding steroid dienone is 2. The Morgan fingerprint density at radius 2 is 1.58 bits per heavy atom. The summed E-state index contributed by atoms with van der Waals surface area (Å²) in [4.78, 5) is 37.7. The smallest absolute Gasteiger partial charge is 0.252 e. The van der Waals surface area contributed by atoms with Gasteiger partial charge in [-0.3, -0.25) is 19.8 Å². The van der Waals surface area contributed by atoms with Gasteiger partial charge in [0.1, 0.15) is 0 Å². The average molecular weight is 322 g/mol. The van der Waals surface area contributed by atoms with Gasteiger partial charge in [-0.1, -0.05) is 42.5 Å². The summed E-state index contributed by atoms with van der Waals surface area (Å²) in [5.74, 6) is 0.173. The summed E-state index contributed by atoms with van der Waals surface area (Å²) in [5.41, 5.74) is 3.41. The molecule has 2 bridgehead atoms. The highest BCUT2D eigenvalue weighted by Crippen LogP contribution is 2.65. The molecule has 4 aliphatic carbocycles. The van der Waals surface area contributed by atoms with Gasteiger partial charge in [0.25, 0.3) is 11.8 Å². The molecule has 3 amide bonds. The fourth-order valence-corrected chi connectivity index (χ4v) is 5.01. The van der Waals surface area contributed by atoms with Crippen molar-refractivity contribution >= 4 is 17.7 Å². The molecule has 1 aliphatic heterocycles. The molecule has 0 aromatic heterocycles. The third kappa shape index (κ3) is 1.84. The van der Waals surface area contributed by atoms with Crippen molar-refractivity contribution in [2.75, 3.05) is 0 Å². The number of hydrazine groups is 1. The molecule has 6 atom stereocenters. The van der Waals surface area contributed by atoms with Crippen LogP contribution in [0.4, 0.5) is 0 Å². The maximum Gasteiger partial charge on any atom is 0.252 e. The van der Waals surface area contributed by atoms with Crippen LogP contribution in [0.25, 0.3) is 0 Å². The number of nitrogens with one attached hydrogen (secondary N) is 1. The molecule has 6 rings (SSSR count). The predicted molar refractivity (Wildman–Crippen MR) is 84.8 cm³/mol. The summed E-state index contributed by atoms with van der Waals surface area (Å²) in [6.07, 6.45) is 5.54. The van der Waals surface area contributed by atoms with Crippen molar-refractivity contribution in [2.45, 2.75) is 12.8 Å². The van der Waals surface area contributed by atoms with Gasteiger partial charge in [0, 0.05) is 0 Å². The number of nitrogens with zero attached hydrogens (tertiary/aromatic N) is 1. The first kappa shape index (κ1) is 14.0. The monoisotopic (exact) mass is 322 g/mol. The Hall–Kier alpha value is -2.43. The van der Waals surface area contributed by atoms with Crippen LogP contribution in [0.3, 0.4) is 0 Å². The van der Waals surface area contributed by atoms with Gasteiger partial charge < -0.3 is 0 Å². The van der Waals surface area contributed by atoms with Gasteiger partial charge in [-0.2, -0.15) is 5.01 Å². The topological polar surface area (TPSA) is 66.5 Å². The molecule has 5 heteroatoms. The Labute approximate surface area is 139 Å². The first-order valence-electron chi connectivity index (χ1n) is 8.54. The number of rotatable bonds is 3. The fourth-order valence-electron chi connectivity index (χ4n) is 5.01. The highest BCUT2D eigenvalue weighted by atomic mass is 16.2. The Morgan fingerprint density at radius 1 is 1.00 bits per heavy atom. The predicted octanol–water partition coefficient (Wildman–Crippen LogP) is 1.31. The summed E-state index contributed by atoms with van der Waals surface area (Å²) in [7, 11) is 0. The standard InChI is InChI=1S/C19H18N2O3/c22-15(8-10-4-2-1-3-5-10)20-21-18(23)16-11-6-7-12(14-9-13(11)14)17(16)19(21)24/h1-7,11-14,16-17H,8-9H2,(H,20,22)/t11?,12?,13?,14?,16-,17+. The molecule has 1 heterocycles. The zero-order chi connectivity index (χ0) is 16.4. The molecule has 122 valence electrons. The van der Waals surface area contributed by atoms with Gasteiger partial charge >= 0.3 is 0 Å². The third-order valence-corrected chi connectivity index (χ3v) is 6.11. The molecule has 0 spiro atoms.